The summed E-state index contributed by atoms with van der Waals surface area (Å²) in [5.74, 6) is 0.548. The largest absolute Gasteiger partial charge is 0.497 e. The van der Waals surface area contributed by atoms with Gasteiger partial charge in [0.1, 0.15) is 5.75 Å². The molecule has 0 fully saturated rings. The average Bonchev–Trinajstić information content (AvgIpc) is 3.24. The molecule has 0 aliphatic heterocycles. The molecule has 2 aromatic heterocycles. The van der Waals surface area contributed by atoms with Crippen molar-refractivity contribution in [2.45, 2.75) is 26.3 Å². The molecule has 0 bridgehead atoms. The Hall–Kier alpha value is -3.09. The standard InChI is InChI=1S/C18H21N5O2/c1-11(7-14-8-12(2)21-22-14)20-18(24)16-10-19-23-17(16)13-5-4-6-15(9-13)25-3/h4-6,8-11H,7H2,1-3H3,(H,19,23)(H,20,24)(H,21,22). The average molecular weight is 339 g/mol. The van der Waals surface area contributed by atoms with Gasteiger partial charge < -0.3 is 10.1 Å². The van der Waals surface area contributed by atoms with Crippen LogP contribution in [-0.2, 0) is 6.42 Å². The van der Waals surface area contributed by atoms with Crippen LogP contribution in [0.5, 0.6) is 5.75 Å². The van der Waals surface area contributed by atoms with Crippen LogP contribution in [0, 0.1) is 6.92 Å². The van der Waals surface area contributed by atoms with E-state index in [-0.39, 0.29) is 11.9 Å². The molecule has 0 saturated carbocycles. The highest BCUT2D eigenvalue weighted by molar-refractivity contribution is 5.99. The van der Waals surface area contributed by atoms with Crippen molar-refractivity contribution in [2.75, 3.05) is 7.11 Å². The molecule has 1 aromatic carbocycles. The third-order valence-electron chi connectivity index (χ3n) is 3.89. The van der Waals surface area contributed by atoms with Crippen molar-refractivity contribution in [3.05, 3.63) is 53.5 Å². The van der Waals surface area contributed by atoms with Crippen LogP contribution >= 0.6 is 0 Å². The lowest BCUT2D eigenvalue weighted by atomic mass is 10.1. The van der Waals surface area contributed by atoms with Gasteiger partial charge in [-0.15, -0.1) is 0 Å². The molecule has 7 heteroatoms. The van der Waals surface area contributed by atoms with Crippen LogP contribution in [0.3, 0.4) is 0 Å². The maximum atomic E-state index is 12.6. The highest BCUT2D eigenvalue weighted by Gasteiger charge is 2.18. The number of nitrogens with zero attached hydrogens (tertiary/aromatic N) is 2. The number of aryl methyl sites for hydroxylation is 1. The monoisotopic (exact) mass is 339 g/mol. The van der Waals surface area contributed by atoms with Crippen molar-refractivity contribution in [3.8, 4) is 17.0 Å². The molecule has 25 heavy (non-hydrogen) atoms. The lowest BCUT2D eigenvalue weighted by Gasteiger charge is -2.13. The van der Waals surface area contributed by atoms with Crippen LogP contribution in [-0.4, -0.2) is 39.5 Å². The van der Waals surface area contributed by atoms with Crippen molar-refractivity contribution in [3.63, 3.8) is 0 Å². The van der Waals surface area contributed by atoms with Crippen molar-refractivity contribution in [1.29, 1.82) is 0 Å². The fraction of sp³-hybridized carbons (Fsp3) is 0.278. The topological polar surface area (TPSA) is 95.7 Å². The Kier molecular flexibility index (Phi) is 4.83. The number of hydrogen-bond donors (Lipinski definition) is 3. The van der Waals surface area contributed by atoms with E-state index >= 15 is 0 Å². The van der Waals surface area contributed by atoms with E-state index in [1.54, 1.807) is 7.11 Å². The van der Waals surface area contributed by atoms with Crippen LogP contribution < -0.4 is 10.1 Å². The molecular weight excluding hydrogens is 318 g/mol. The molecule has 0 aliphatic rings. The second-order valence-corrected chi connectivity index (χ2v) is 6.01. The summed E-state index contributed by atoms with van der Waals surface area (Å²) in [7, 11) is 1.61. The third kappa shape index (κ3) is 3.88. The van der Waals surface area contributed by atoms with Crippen LogP contribution in [0.2, 0.25) is 0 Å². The summed E-state index contributed by atoms with van der Waals surface area (Å²) in [5.41, 5.74) is 3.93. The summed E-state index contributed by atoms with van der Waals surface area (Å²) in [6.07, 6.45) is 2.19. The van der Waals surface area contributed by atoms with Gasteiger partial charge in [-0.1, -0.05) is 12.1 Å². The van der Waals surface area contributed by atoms with Gasteiger partial charge in [0.25, 0.3) is 5.91 Å². The number of carbonyl (C=O) groups is 1. The zero-order chi connectivity index (χ0) is 17.8. The number of ether oxygens (including phenoxy) is 1. The SMILES string of the molecule is COc1cccc(-c2[nH]ncc2C(=O)NC(C)Cc2cc(C)[nH]n2)c1. The van der Waals surface area contributed by atoms with Crippen LogP contribution in [0.1, 0.15) is 28.7 Å². The Balaban J connectivity index is 1.73. The Bertz CT molecular complexity index is 868. The first-order chi connectivity index (χ1) is 12.1. The zero-order valence-corrected chi connectivity index (χ0v) is 14.5. The number of nitrogens with one attached hydrogen (secondary N) is 3. The smallest absolute Gasteiger partial charge is 0.255 e. The first-order valence-corrected chi connectivity index (χ1v) is 8.06. The van der Waals surface area contributed by atoms with Gasteiger partial charge in [0.2, 0.25) is 0 Å². The Morgan fingerprint density at radius 2 is 2.16 bits per heavy atom. The number of aromatic amines is 2. The molecule has 0 aliphatic carbocycles. The number of methoxy groups -OCH3 is 1. The van der Waals surface area contributed by atoms with E-state index < -0.39 is 0 Å². The van der Waals surface area contributed by atoms with Gasteiger partial charge in [-0.3, -0.25) is 15.0 Å². The van der Waals surface area contributed by atoms with Gasteiger partial charge >= 0.3 is 0 Å². The Morgan fingerprint density at radius 3 is 2.88 bits per heavy atom. The summed E-state index contributed by atoms with van der Waals surface area (Å²) in [6.45, 7) is 3.90. The molecule has 1 amide bonds. The minimum absolute atomic E-state index is 0.0525. The first-order valence-electron chi connectivity index (χ1n) is 8.06. The number of amides is 1. The molecular formula is C18H21N5O2. The minimum atomic E-state index is -0.175. The van der Waals surface area contributed by atoms with Crippen molar-refractivity contribution >= 4 is 5.91 Å². The second-order valence-electron chi connectivity index (χ2n) is 6.01. The summed E-state index contributed by atoms with van der Waals surface area (Å²) < 4.78 is 5.24. The van der Waals surface area contributed by atoms with E-state index in [0.29, 0.717) is 17.7 Å². The first kappa shape index (κ1) is 16.8. The fourth-order valence-electron chi connectivity index (χ4n) is 2.70. The predicted octanol–water partition coefficient (Wildman–Crippen LogP) is 2.48. The van der Waals surface area contributed by atoms with E-state index in [2.05, 4.69) is 25.7 Å². The molecule has 7 nitrogen and oxygen atoms in total. The fourth-order valence-corrected chi connectivity index (χ4v) is 2.70. The summed E-state index contributed by atoms with van der Waals surface area (Å²) in [5, 5.41) is 17.0. The van der Waals surface area contributed by atoms with Gasteiger partial charge in [0.05, 0.1) is 30.3 Å². The molecule has 1 atom stereocenters. The van der Waals surface area contributed by atoms with Gasteiger partial charge in [0, 0.05) is 23.7 Å². The highest BCUT2D eigenvalue weighted by Crippen LogP contribution is 2.25. The highest BCUT2D eigenvalue weighted by atomic mass is 16.5. The second kappa shape index (κ2) is 7.21. The van der Waals surface area contributed by atoms with Gasteiger partial charge in [-0.05, 0) is 32.0 Å². The molecule has 2 heterocycles. The quantitative estimate of drug-likeness (QED) is 0.643. The molecule has 0 spiro atoms. The van der Waals surface area contributed by atoms with E-state index in [1.165, 1.54) is 6.20 Å². The maximum Gasteiger partial charge on any atom is 0.255 e. The van der Waals surface area contributed by atoms with Gasteiger partial charge in [-0.2, -0.15) is 10.2 Å². The normalized spacial score (nSPS) is 12.0. The number of rotatable bonds is 6. The number of carbonyl (C=O) groups excluding carboxylic acids is 1. The number of H-pyrrole nitrogens is 2. The lowest BCUT2D eigenvalue weighted by molar-refractivity contribution is 0.0940. The van der Waals surface area contributed by atoms with Crippen molar-refractivity contribution in [2.24, 2.45) is 0 Å². The minimum Gasteiger partial charge on any atom is -0.497 e. The predicted molar refractivity (Wildman–Crippen MR) is 94.5 cm³/mol. The number of benzene rings is 1. The summed E-state index contributed by atoms with van der Waals surface area (Å²) >= 11 is 0. The number of hydrogen-bond acceptors (Lipinski definition) is 4. The van der Waals surface area contributed by atoms with Crippen LogP contribution in [0.4, 0.5) is 0 Å². The van der Waals surface area contributed by atoms with Crippen molar-refractivity contribution < 1.29 is 9.53 Å². The molecule has 3 aromatic rings. The van der Waals surface area contributed by atoms with Crippen LogP contribution in [0.25, 0.3) is 11.3 Å². The Labute approximate surface area is 145 Å². The van der Waals surface area contributed by atoms with E-state index in [0.717, 1.165) is 22.7 Å². The maximum absolute atomic E-state index is 12.6. The van der Waals surface area contributed by atoms with E-state index in [9.17, 15) is 4.79 Å². The zero-order valence-electron chi connectivity index (χ0n) is 14.5. The lowest BCUT2D eigenvalue weighted by Crippen LogP contribution is -2.34. The molecule has 1 unspecified atom stereocenters. The van der Waals surface area contributed by atoms with Crippen LogP contribution in [0.15, 0.2) is 36.5 Å². The third-order valence-corrected chi connectivity index (χ3v) is 3.89. The van der Waals surface area contributed by atoms with Gasteiger partial charge in [0.15, 0.2) is 0 Å². The Morgan fingerprint density at radius 1 is 1.32 bits per heavy atom. The van der Waals surface area contributed by atoms with Gasteiger partial charge in [-0.25, -0.2) is 0 Å². The van der Waals surface area contributed by atoms with E-state index in [1.807, 2.05) is 44.2 Å². The van der Waals surface area contributed by atoms with E-state index in [4.69, 9.17) is 4.74 Å². The number of aromatic nitrogens is 4. The molecule has 130 valence electrons. The summed E-state index contributed by atoms with van der Waals surface area (Å²) in [4.78, 5) is 12.6. The molecule has 3 N–H and O–H groups in total. The summed E-state index contributed by atoms with van der Waals surface area (Å²) in [6, 6.07) is 9.42. The molecule has 0 saturated heterocycles. The molecule has 0 radical (unpaired) electrons. The molecule has 3 rings (SSSR count). The van der Waals surface area contributed by atoms with Crippen molar-refractivity contribution in [1.82, 2.24) is 25.7 Å².